The number of aromatic nitrogens is 2. The van der Waals surface area contributed by atoms with Crippen LogP contribution in [-0.4, -0.2) is 60.5 Å². The summed E-state index contributed by atoms with van der Waals surface area (Å²) in [4.78, 5) is 11.2. The molecule has 1 fully saturated rings. The molecule has 8 heteroatoms. The van der Waals surface area contributed by atoms with Crippen LogP contribution in [0.1, 0.15) is 5.56 Å². The lowest BCUT2D eigenvalue weighted by Crippen LogP contribution is -2.38. The van der Waals surface area contributed by atoms with Gasteiger partial charge in [-0.15, -0.1) is 0 Å². The number of allylic oxidation sites excluding steroid dienone is 1. The van der Waals surface area contributed by atoms with Crippen molar-refractivity contribution in [3.63, 3.8) is 0 Å². The number of nitrogens with zero attached hydrogens (tertiary/aromatic N) is 3. The van der Waals surface area contributed by atoms with Gasteiger partial charge in [0.05, 0.1) is 18.7 Å². The van der Waals surface area contributed by atoms with Gasteiger partial charge in [-0.1, -0.05) is 0 Å². The maximum Gasteiger partial charge on any atom is 0.219 e. The first-order valence-electron chi connectivity index (χ1n) is 10.2. The third kappa shape index (κ3) is 5.56. The largest absolute Gasteiger partial charge is 0.476 e. The summed E-state index contributed by atoms with van der Waals surface area (Å²) >= 11 is 0. The standard InChI is InChI=1S/C23H25N5O3/c24-8-7-20(25)18-2-5-22(26-16-18)31-19-3-4-21-17(15-19)1-6-23(27-21)30-14-11-28-9-12-29-13-10-28/h1-8,15-16,24H,9-14,25H2/b20-7-,24-8?. The van der Waals surface area contributed by atoms with E-state index in [4.69, 9.17) is 25.4 Å². The molecule has 1 aliphatic rings. The lowest BCUT2D eigenvalue weighted by molar-refractivity contribution is 0.0320. The number of pyridine rings is 2. The normalized spacial score (nSPS) is 15.0. The summed E-state index contributed by atoms with van der Waals surface area (Å²) in [5, 5.41) is 8.03. The minimum atomic E-state index is 0.460. The molecule has 4 rings (SSSR count). The van der Waals surface area contributed by atoms with Crippen LogP contribution < -0.4 is 15.2 Å². The van der Waals surface area contributed by atoms with Gasteiger partial charge in [0.15, 0.2) is 0 Å². The van der Waals surface area contributed by atoms with Crippen LogP contribution in [-0.2, 0) is 4.74 Å². The average Bonchev–Trinajstić information content (AvgIpc) is 2.80. The number of morpholine rings is 1. The Bertz CT molecular complexity index is 1060. The molecule has 31 heavy (non-hydrogen) atoms. The molecule has 0 aliphatic carbocycles. The van der Waals surface area contributed by atoms with Crippen LogP contribution in [0, 0.1) is 5.41 Å². The molecule has 3 N–H and O–H groups in total. The first kappa shape index (κ1) is 20.8. The molecule has 0 unspecified atom stereocenters. The molecule has 160 valence electrons. The van der Waals surface area contributed by atoms with Crippen LogP contribution in [0.4, 0.5) is 0 Å². The van der Waals surface area contributed by atoms with E-state index < -0.39 is 0 Å². The highest BCUT2D eigenvalue weighted by Gasteiger charge is 2.10. The Hall–Kier alpha value is -3.49. The minimum absolute atomic E-state index is 0.460. The van der Waals surface area contributed by atoms with Gasteiger partial charge in [0.2, 0.25) is 11.8 Å². The van der Waals surface area contributed by atoms with Crippen LogP contribution >= 0.6 is 0 Å². The van der Waals surface area contributed by atoms with E-state index in [2.05, 4.69) is 14.9 Å². The predicted octanol–water partition coefficient (Wildman–Crippen LogP) is 3.08. The molecular weight excluding hydrogens is 394 g/mol. The summed E-state index contributed by atoms with van der Waals surface area (Å²) in [5.74, 6) is 1.74. The van der Waals surface area contributed by atoms with Crippen molar-refractivity contribution in [3.8, 4) is 17.5 Å². The van der Waals surface area contributed by atoms with Gasteiger partial charge in [0.25, 0.3) is 0 Å². The van der Waals surface area contributed by atoms with Crippen molar-refractivity contribution in [2.75, 3.05) is 39.5 Å². The second-order valence-corrected chi connectivity index (χ2v) is 7.08. The number of fused-ring (bicyclic) bond motifs is 1. The van der Waals surface area contributed by atoms with Gasteiger partial charge in [-0.2, -0.15) is 0 Å². The summed E-state index contributed by atoms with van der Waals surface area (Å²) in [6.45, 7) is 4.93. The highest BCUT2D eigenvalue weighted by Crippen LogP contribution is 2.25. The zero-order chi connectivity index (χ0) is 21.5. The van der Waals surface area contributed by atoms with Crippen molar-refractivity contribution in [1.82, 2.24) is 14.9 Å². The number of rotatable bonds is 8. The predicted molar refractivity (Wildman–Crippen MR) is 120 cm³/mol. The number of hydrogen-bond acceptors (Lipinski definition) is 8. The maximum atomic E-state index is 7.08. The fourth-order valence-corrected chi connectivity index (χ4v) is 3.25. The average molecular weight is 419 g/mol. The van der Waals surface area contributed by atoms with Gasteiger partial charge < -0.3 is 25.4 Å². The topological polar surface area (TPSA) is 107 Å². The van der Waals surface area contributed by atoms with Crippen molar-refractivity contribution >= 4 is 22.8 Å². The lowest BCUT2D eigenvalue weighted by Gasteiger charge is -2.26. The van der Waals surface area contributed by atoms with Crippen LogP contribution in [0.5, 0.6) is 17.5 Å². The summed E-state index contributed by atoms with van der Waals surface area (Å²) in [7, 11) is 0. The number of hydrogen-bond donors (Lipinski definition) is 2. The molecule has 3 heterocycles. The van der Waals surface area contributed by atoms with Crippen molar-refractivity contribution in [3.05, 3.63) is 60.3 Å². The molecule has 0 amide bonds. The Labute approximate surface area is 180 Å². The summed E-state index contributed by atoms with van der Waals surface area (Å²) in [6.07, 6.45) is 4.27. The molecule has 0 atom stereocenters. The van der Waals surface area contributed by atoms with Crippen LogP contribution in [0.3, 0.4) is 0 Å². The highest BCUT2D eigenvalue weighted by molar-refractivity contribution is 5.81. The molecule has 0 saturated carbocycles. The van der Waals surface area contributed by atoms with E-state index in [0.29, 0.717) is 29.8 Å². The van der Waals surface area contributed by atoms with Gasteiger partial charge in [0, 0.05) is 60.8 Å². The zero-order valence-corrected chi connectivity index (χ0v) is 17.2. The number of nitrogens with one attached hydrogen (secondary N) is 1. The van der Waals surface area contributed by atoms with Gasteiger partial charge in [-0.3, -0.25) is 4.90 Å². The van der Waals surface area contributed by atoms with Crippen LogP contribution in [0.25, 0.3) is 16.6 Å². The highest BCUT2D eigenvalue weighted by atomic mass is 16.5. The molecule has 1 aliphatic heterocycles. The molecule has 2 aromatic heterocycles. The number of ether oxygens (including phenoxy) is 3. The Balaban J connectivity index is 1.37. The van der Waals surface area contributed by atoms with Crippen LogP contribution in [0.15, 0.2) is 54.7 Å². The SMILES string of the molecule is N=C/C=C(\N)c1ccc(Oc2ccc3nc(OCCN4CCOCC4)ccc3c2)nc1. The minimum Gasteiger partial charge on any atom is -0.476 e. The van der Waals surface area contributed by atoms with Gasteiger partial charge in [0.1, 0.15) is 12.4 Å². The Kier molecular flexibility index (Phi) is 6.71. The van der Waals surface area contributed by atoms with E-state index in [1.807, 2.05) is 30.3 Å². The van der Waals surface area contributed by atoms with E-state index >= 15 is 0 Å². The first-order chi connectivity index (χ1) is 15.2. The molecule has 3 aromatic rings. The first-order valence-corrected chi connectivity index (χ1v) is 10.2. The summed E-state index contributed by atoms with van der Waals surface area (Å²) in [5.41, 5.74) is 7.91. The molecule has 8 nitrogen and oxygen atoms in total. The van der Waals surface area contributed by atoms with Crippen molar-refractivity contribution in [2.24, 2.45) is 5.73 Å². The summed E-state index contributed by atoms with van der Waals surface area (Å²) < 4.78 is 17.0. The van der Waals surface area contributed by atoms with Gasteiger partial charge in [-0.05, 0) is 36.4 Å². The molecule has 0 spiro atoms. The van der Waals surface area contributed by atoms with Crippen LogP contribution in [0.2, 0.25) is 0 Å². The fourth-order valence-electron chi connectivity index (χ4n) is 3.25. The van der Waals surface area contributed by atoms with E-state index in [1.165, 1.54) is 6.08 Å². The molecule has 0 radical (unpaired) electrons. The zero-order valence-electron chi connectivity index (χ0n) is 17.2. The van der Waals surface area contributed by atoms with E-state index in [0.717, 1.165) is 55.5 Å². The second kappa shape index (κ2) is 10.0. The summed E-state index contributed by atoms with van der Waals surface area (Å²) in [6, 6.07) is 13.1. The smallest absolute Gasteiger partial charge is 0.219 e. The Morgan fingerprint density at radius 3 is 2.74 bits per heavy atom. The molecule has 1 aromatic carbocycles. The molecule has 1 saturated heterocycles. The molecule has 0 bridgehead atoms. The Morgan fingerprint density at radius 2 is 1.97 bits per heavy atom. The van der Waals surface area contributed by atoms with Crippen molar-refractivity contribution in [2.45, 2.75) is 0 Å². The van der Waals surface area contributed by atoms with E-state index in [9.17, 15) is 0 Å². The van der Waals surface area contributed by atoms with Gasteiger partial charge in [-0.25, -0.2) is 9.97 Å². The maximum absolute atomic E-state index is 7.08. The number of benzene rings is 1. The van der Waals surface area contributed by atoms with E-state index in [1.54, 1.807) is 18.3 Å². The van der Waals surface area contributed by atoms with E-state index in [-0.39, 0.29) is 0 Å². The fraction of sp³-hybridized carbons (Fsp3) is 0.261. The Morgan fingerprint density at radius 1 is 1.13 bits per heavy atom. The third-order valence-corrected chi connectivity index (χ3v) is 4.95. The second-order valence-electron chi connectivity index (χ2n) is 7.08. The number of nitrogens with two attached hydrogens (primary N) is 1. The third-order valence-electron chi connectivity index (χ3n) is 4.95. The monoisotopic (exact) mass is 419 g/mol. The van der Waals surface area contributed by atoms with Crippen molar-refractivity contribution in [1.29, 1.82) is 5.41 Å². The quantitative estimate of drug-likeness (QED) is 0.540. The van der Waals surface area contributed by atoms with Gasteiger partial charge >= 0.3 is 0 Å². The lowest BCUT2D eigenvalue weighted by atomic mass is 10.2. The molecular formula is C23H25N5O3. The van der Waals surface area contributed by atoms with Crippen molar-refractivity contribution < 1.29 is 14.2 Å².